The number of imidazole rings is 1. The predicted molar refractivity (Wildman–Crippen MR) is 85.8 cm³/mol. The number of nitrogens with zero attached hydrogens (tertiary/aromatic N) is 5. The fourth-order valence-corrected chi connectivity index (χ4v) is 3.44. The molecule has 0 bridgehead atoms. The highest BCUT2D eigenvalue weighted by Crippen LogP contribution is 2.33. The Balaban J connectivity index is 1.68. The first-order chi connectivity index (χ1) is 12.1. The molecule has 25 heavy (non-hydrogen) atoms. The summed E-state index contributed by atoms with van der Waals surface area (Å²) in [5, 5.41) is 39.1. The van der Waals surface area contributed by atoms with Gasteiger partial charge in [-0.1, -0.05) is 0 Å². The lowest BCUT2D eigenvalue weighted by Crippen LogP contribution is -2.36. The van der Waals surface area contributed by atoms with Gasteiger partial charge in [0.15, 0.2) is 23.2 Å². The number of rotatable bonds is 3. The lowest BCUT2D eigenvalue weighted by Gasteiger charge is -2.30. The van der Waals surface area contributed by atoms with Crippen LogP contribution in [-0.2, 0) is 4.74 Å². The minimum Gasteiger partial charge on any atom is -0.394 e. The van der Waals surface area contributed by atoms with Crippen molar-refractivity contribution in [2.45, 2.75) is 43.5 Å². The Morgan fingerprint density at radius 3 is 2.52 bits per heavy atom. The van der Waals surface area contributed by atoms with Crippen LogP contribution in [0.3, 0.4) is 0 Å². The van der Waals surface area contributed by atoms with Crippen LogP contribution in [-0.4, -0.2) is 84.1 Å². The smallest absolute Gasteiger partial charge is 0.167 e. The molecule has 4 rings (SSSR count). The van der Waals surface area contributed by atoms with Gasteiger partial charge in [0.2, 0.25) is 0 Å². The number of hydrogen-bond donors (Lipinski definition) is 4. The van der Waals surface area contributed by atoms with Crippen molar-refractivity contribution >= 4 is 17.0 Å². The van der Waals surface area contributed by atoms with E-state index < -0.39 is 31.1 Å². The average Bonchev–Trinajstić information content (AvgIpc) is 3.17. The minimum absolute atomic E-state index is 0.287. The number of hydrogen-bond acceptors (Lipinski definition) is 9. The van der Waals surface area contributed by atoms with Gasteiger partial charge < -0.3 is 30.1 Å². The van der Waals surface area contributed by atoms with E-state index in [1.165, 1.54) is 12.7 Å². The minimum atomic E-state index is -1.20. The van der Waals surface area contributed by atoms with Crippen LogP contribution in [0.15, 0.2) is 12.7 Å². The summed E-state index contributed by atoms with van der Waals surface area (Å²) in [5.41, 5.74) is 1.04. The SMILES string of the molecule is OC[C@H]1O[C@@H](n2cnc3c(N4CCC(O)CC4)ncnc32)[C@H](O)[C@@H]1O. The van der Waals surface area contributed by atoms with Gasteiger partial charge in [-0.2, -0.15) is 0 Å². The normalized spacial score (nSPS) is 31.1. The Hall–Kier alpha value is -1.85. The van der Waals surface area contributed by atoms with Gasteiger partial charge in [-0.25, -0.2) is 15.0 Å². The van der Waals surface area contributed by atoms with E-state index in [-0.39, 0.29) is 6.10 Å². The van der Waals surface area contributed by atoms with Crippen molar-refractivity contribution < 1.29 is 25.2 Å². The van der Waals surface area contributed by atoms with Crippen LogP contribution >= 0.6 is 0 Å². The van der Waals surface area contributed by atoms with E-state index in [9.17, 15) is 20.4 Å². The van der Waals surface area contributed by atoms with E-state index in [0.29, 0.717) is 42.9 Å². The van der Waals surface area contributed by atoms with Crippen LogP contribution < -0.4 is 4.90 Å². The summed E-state index contributed by atoms with van der Waals surface area (Å²) in [6.07, 6.45) is -0.169. The second kappa shape index (κ2) is 6.46. The van der Waals surface area contributed by atoms with E-state index in [1.54, 1.807) is 4.57 Å². The summed E-state index contributed by atoms with van der Waals surface area (Å²) in [5.74, 6) is 0.669. The van der Waals surface area contributed by atoms with Crippen LogP contribution in [0.5, 0.6) is 0 Å². The fraction of sp³-hybridized carbons (Fsp3) is 0.667. The molecule has 2 saturated heterocycles. The molecule has 2 aliphatic rings. The van der Waals surface area contributed by atoms with Crippen molar-refractivity contribution in [1.82, 2.24) is 19.5 Å². The summed E-state index contributed by atoms with van der Waals surface area (Å²) < 4.78 is 7.10. The Morgan fingerprint density at radius 1 is 1.08 bits per heavy atom. The van der Waals surface area contributed by atoms with Crippen molar-refractivity contribution in [1.29, 1.82) is 0 Å². The molecule has 10 nitrogen and oxygen atoms in total. The maximum Gasteiger partial charge on any atom is 0.167 e. The van der Waals surface area contributed by atoms with E-state index in [0.717, 1.165) is 0 Å². The van der Waals surface area contributed by atoms with Gasteiger partial charge >= 0.3 is 0 Å². The van der Waals surface area contributed by atoms with E-state index >= 15 is 0 Å². The number of piperidine rings is 1. The Bertz CT molecular complexity index is 747. The molecule has 4 heterocycles. The molecule has 10 heteroatoms. The molecule has 2 aliphatic heterocycles. The summed E-state index contributed by atoms with van der Waals surface area (Å²) in [4.78, 5) is 15.0. The van der Waals surface area contributed by atoms with Crippen molar-refractivity contribution in [3.63, 3.8) is 0 Å². The molecule has 4 N–H and O–H groups in total. The lowest BCUT2D eigenvalue weighted by molar-refractivity contribution is -0.0511. The molecule has 136 valence electrons. The first-order valence-corrected chi connectivity index (χ1v) is 8.33. The molecule has 2 aromatic heterocycles. The third-order valence-corrected chi connectivity index (χ3v) is 4.89. The van der Waals surface area contributed by atoms with Gasteiger partial charge in [0.1, 0.15) is 24.6 Å². The second-order valence-corrected chi connectivity index (χ2v) is 6.47. The number of aliphatic hydroxyl groups is 4. The van der Waals surface area contributed by atoms with Crippen LogP contribution in [0.2, 0.25) is 0 Å². The molecule has 0 saturated carbocycles. The predicted octanol–water partition coefficient (Wildman–Crippen LogP) is -1.60. The maximum absolute atomic E-state index is 10.2. The summed E-state index contributed by atoms with van der Waals surface area (Å²) in [6.45, 7) is 0.958. The first kappa shape index (κ1) is 16.6. The van der Waals surface area contributed by atoms with Gasteiger partial charge in [0.05, 0.1) is 19.0 Å². The van der Waals surface area contributed by atoms with Crippen molar-refractivity contribution in [3.05, 3.63) is 12.7 Å². The highest BCUT2D eigenvalue weighted by Gasteiger charge is 2.44. The largest absolute Gasteiger partial charge is 0.394 e. The van der Waals surface area contributed by atoms with Gasteiger partial charge in [-0.15, -0.1) is 0 Å². The molecule has 2 fully saturated rings. The van der Waals surface area contributed by atoms with Crippen molar-refractivity contribution in [2.24, 2.45) is 0 Å². The Labute approximate surface area is 143 Å². The average molecular weight is 351 g/mol. The number of aliphatic hydroxyl groups excluding tert-OH is 4. The molecule has 2 aromatic rings. The quantitative estimate of drug-likeness (QED) is 0.515. The van der Waals surface area contributed by atoms with Gasteiger partial charge in [0.25, 0.3) is 0 Å². The van der Waals surface area contributed by atoms with E-state index in [2.05, 4.69) is 15.0 Å². The second-order valence-electron chi connectivity index (χ2n) is 6.47. The number of ether oxygens (including phenoxy) is 1. The zero-order valence-electron chi connectivity index (χ0n) is 13.5. The molecule has 0 unspecified atom stereocenters. The van der Waals surface area contributed by atoms with Crippen molar-refractivity contribution in [3.8, 4) is 0 Å². The van der Waals surface area contributed by atoms with E-state index in [4.69, 9.17) is 4.74 Å². The summed E-state index contributed by atoms with van der Waals surface area (Å²) in [6, 6.07) is 0. The molecule has 0 amide bonds. The zero-order chi connectivity index (χ0) is 17.6. The highest BCUT2D eigenvalue weighted by molar-refractivity contribution is 5.83. The number of aromatic nitrogens is 4. The molecular formula is C15H21N5O5. The Kier molecular flexibility index (Phi) is 4.29. The third kappa shape index (κ3) is 2.75. The lowest BCUT2D eigenvalue weighted by atomic mass is 10.1. The molecular weight excluding hydrogens is 330 g/mol. The molecule has 0 spiro atoms. The number of anilines is 1. The van der Waals surface area contributed by atoms with Crippen LogP contribution in [0.1, 0.15) is 19.1 Å². The first-order valence-electron chi connectivity index (χ1n) is 8.33. The highest BCUT2D eigenvalue weighted by atomic mass is 16.6. The van der Waals surface area contributed by atoms with E-state index in [1.807, 2.05) is 4.90 Å². The monoisotopic (exact) mass is 351 g/mol. The standard InChI is InChI=1S/C15H21N5O5/c21-5-9-11(23)12(24)15(25-9)20-7-18-10-13(16-6-17-14(10)20)19-3-1-8(22)2-4-19/h6-9,11-12,15,21-24H,1-5H2/t9-,11-,12-,15-/m1/s1. The fourth-order valence-electron chi connectivity index (χ4n) is 3.44. The zero-order valence-corrected chi connectivity index (χ0v) is 13.5. The van der Waals surface area contributed by atoms with Gasteiger partial charge in [-0.05, 0) is 12.8 Å². The molecule has 4 atom stereocenters. The molecule has 0 aliphatic carbocycles. The topological polar surface area (TPSA) is 137 Å². The molecule has 0 radical (unpaired) electrons. The summed E-state index contributed by atoms with van der Waals surface area (Å²) in [7, 11) is 0. The van der Waals surface area contributed by atoms with Crippen LogP contribution in [0.25, 0.3) is 11.2 Å². The number of fused-ring (bicyclic) bond motifs is 1. The van der Waals surface area contributed by atoms with Crippen molar-refractivity contribution in [2.75, 3.05) is 24.6 Å². The third-order valence-electron chi connectivity index (χ3n) is 4.89. The maximum atomic E-state index is 10.2. The molecule has 0 aromatic carbocycles. The van der Waals surface area contributed by atoms with Crippen LogP contribution in [0, 0.1) is 0 Å². The summed E-state index contributed by atoms with van der Waals surface area (Å²) >= 11 is 0. The van der Waals surface area contributed by atoms with Gasteiger partial charge in [0, 0.05) is 13.1 Å². The van der Waals surface area contributed by atoms with Crippen LogP contribution in [0.4, 0.5) is 5.82 Å². The Morgan fingerprint density at radius 2 is 1.84 bits per heavy atom. The van der Waals surface area contributed by atoms with Gasteiger partial charge in [-0.3, -0.25) is 4.57 Å².